The van der Waals surface area contributed by atoms with E-state index in [2.05, 4.69) is 74.6 Å². The first kappa shape index (κ1) is 32.9. The summed E-state index contributed by atoms with van der Waals surface area (Å²) in [6, 6.07) is 15.7. The van der Waals surface area contributed by atoms with E-state index in [1.165, 1.54) is 0 Å². The Hall–Kier alpha value is -1.66. The molecule has 3 rings (SSSR count). The Morgan fingerprint density at radius 1 is 0.775 bits per heavy atom. The van der Waals surface area contributed by atoms with E-state index in [1.807, 2.05) is 48.5 Å². The molecule has 0 aliphatic carbocycles. The monoisotopic (exact) mass is 620 g/mol. The van der Waals surface area contributed by atoms with Gasteiger partial charge in [-0.15, -0.1) is 0 Å². The van der Waals surface area contributed by atoms with Crippen molar-refractivity contribution in [1.29, 1.82) is 0 Å². The molecular formula is C30H46BBrN2O6. The van der Waals surface area contributed by atoms with Crippen molar-refractivity contribution in [2.24, 2.45) is 0 Å². The molecule has 2 aromatic carbocycles. The molecule has 0 saturated carbocycles. The van der Waals surface area contributed by atoms with Gasteiger partial charge < -0.3 is 28.3 Å². The summed E-state index contributed by atoms with van der Waals surface area (Å²) in [6.07, 6.45) is 0.689. The molecule has 222 valence electrons. The van der Waals surface area contributed by atoms with Gasteiger partial charge in [-0.05, 0) is 90.7 Å². The van der Waals surface area contributed by atoms with E-state index in [-0.39, 0.29) is 29.6 Å². The zero-order chi connectivity index (χ0) is 29.5. The van der Waals surface area contributed by atoms with Crippen molar-refractivity contribution in [3.63, 3.8) is 0 Å². The molecule has 2 aromatic rings. The number of rotatable bonds is 15. The van der Waals surface area contributed by atoms with Crippen LogP contribution >= 0.6 is 15.9 Å². The zero-order valence-electron chi connectivity index (χ0n) is 25.5. The molecule has 0 aromatic heterocycles. The van der Waals surface area contributed by atoms with E-state index in [0.29, 0.717) is 19.8 Å². The molecule has 0 N–H and O–H groups in total. The minimum absolute atomic E-state index is 0.0872. The number of hydrogen-bond acceptors (Lipinski definition) is 8. The topological polar surface area (TPSA) is 61.9 Å². The second-order valence-corrected chi connectivity index (χ2v) is 12.5. The third kappa shape index (κ3) is 8.92. The molecule has 10 heteroatoms. The summed E-state index contributed by atoms with van der Waals surface area (Å²) >= 11 is 3.45. The number of likely N-dealkylation sites (N-methyl/N-ethyl adjacent to an activating group) is 1. The molecule has 0 radical (unpaired) electrons. The quantitative estimate of drug-likeness (QED) is 0.214. The number of benzene rings is 2. The molecule has 0 spiro atoms. The van der Waals surface area contributed by atoms with Gasteiger partial charge in [-0.25, -0.2) is 0 Å². The first-order valence-electron chi connectivity index (χ1n) is 13.7. The molecule has 1 fully saturated rings. The average molecular weight is 621 g/mol. The standard InChI is InChI=1S/C30H46BBrN2O6/c1-29(2)30(3,4)40-31(39-29)22-10-14-24(15-11-22)37-20-26(35-8)18-28(33(5)6)34(7)19-27(36-9)21-38-25-16-12-23(32)13-17-25/h10-17,26-28H,18-21H2,1-9H3. The van der Waals surface area contributed by atoms with Crippen molar-refractivity contribution in [2.45, 2.75) is 63.7 Å². The van der Waals surface area contributed by atoms with E-state index in [0.717, 1.165) is 27.9 Å². The smallest absolute Gasteiger partial charge is 0.491 e. The van der Waals surface area contributed by atoms with Crippen LogP contribution in [0.3, 0.4) is 0 Å². The molecule has 1 heterocycles. The van der Waals surface area contributed by atoms with Crippen LogP contribution in [0.4, 0.5) is 0 Å². The highest BCUT2D eigenvalue weighted by Gasteiger charge is 2.51. The van der Waals surface area contributed by atoms with Crippen molar-refractivity contribution < 1.29 is 28.3 Å². The Labute approximate surface area is 249 Å². The summed E-state index contributed by atoms with van der Waals surface area (Å²) in [5, 5.41) is 0. The summed E-state index contributed by atoms with van der Waals surface area (Å²) in [7, 11) is 9.30. The highest BCUT2D eigenvalue weighted by Crippen LogP contribution is 2.36. The lowest BCUT2D eigenvalue weighted by Crippen LogP contribution is -2.49. The second-order valence-electron chi connectivity index (χ2n) is 11.6. The third-order valence-electron chi connectivity index (χ3n) is 7.83. The molecule has 1 aliphatic rings. The lowest BCUT2D eigenvalue weighted by atomic mass is 9.79. The molecule has 0 bridgehead atoms. The van der Waals surface area contributed by atoms with E-state index in [4.69, 9.17) is 28.3 Å². The van der Waals surface area contributed by atoms with Gasteiger partial charge in [0.25, 0.3) is 0 Å². The summed E-state index contributed by atoms with van der Waals surface area (Å²) in [4.78, 5) is 4.46. The van der Waals surface area contributed by atoms with Crippen LogP contribution in [0.15, 0.2) is 53.0 Å². The molecule has 3 unspecified atom stereocenters. The summed E-state index contributed by atoms with van der Waals surface area (Å²) in [5.74, 6) is 1.60. The van der Waals surface area contributed by atoms with Crippen LogP contribution in [0.1, 0.15) is 34.1 Å². The van der Waals surface area contributed by atoms with E-state index >= 15 is 0 Å². The van der Waals surface area contributed by atoms with Gasteiger partial charge in [-0.3, -0.25) is 9.80 Å². The van der Waals surface area contributed by atoms with Gasteiger partial charge in [0.05, 0.1) is 23.5 Å². The van der Waals surface area contributed by atoms with Crippen molar-refractivity contribution in [2.75, 3.05) is 55.1 Å². The molecular weight excluding hydrogens is 575 g/mol. The number of hydrogen-bond donors (Lipinski definition) is 0. The fourth-order valence-electron chi connectivity index (χ4n) is 4.50. The van der Waals surface area contributed by atoms with Crippen LogP contribution in [0.2, 0.25) is 0 Å². The van der Waals surface area contributed by atoms with Crippen LogP contribution in [-0.4, -0.2) is 102 Å². The predicted octanol–water partition coefficient (Wildman–Crippen LogP) is 4.45. The fourth-order valence-corrected chi connectivity index (χ4v) is 4.76. The van der Waals surface area contributed by atoms with E-state index < -0.39 is 7.12 Å². The molecule has 1 aliphatic heterocycles. The molecule has 40 heavy (non-hydrogen) atoms. The fraction of sp³-hybridized carbons (Fsp3) is 0.600. The first-order valence-corrected chi connectivity index (χ1v) is 14.5. The minimum Gasteiger partial charge on any atom is -0.491 e. The van der Waals surface area contributed by atoms with Crippen LogP contribution in [0.25, 0.3) is 0 Å². The Balaban J connectivity index is 1.52. The van der Waals surface area contributed by atoms with Crippen LogP contribution in [0, 0.1) is 0 Å². The lowest BCUT2D eigenvalue weighted by molar-refractivity contribution is -0.0263. The Morgan fingerprint density at radius 2 is 1.25 bits per heavy atom. The van der Waals surface area contributed by atoms with Crippen molar-refractivity contribution in [3.05, 3.63) is 53.0 Å². The van der Waals surface area contributed by atoms with Gasteiger partial charge in [0, 0.05) is 31.7 Å². The summed E-state index contributed by atoms with van der Waals surface area (Å²) in [6.45, 7) is 9.82. The molecule has 3 atom stereocenters. The van der Waals surface area contributed by atoms with Gasteiger partial charge in [0.2, 0.25) is 0 Å². The zero-order valence-corrected chi connectivity index (χ0v) is 27.1. The van der Waals surface area contributed by atoms with Gasteiger partial charge in [0.15, 0.2) is 0 Å². The largest absolute Gasteiger partial charge is 0.494 e. The molecule has 1 saturated heterocycles. The first-order chi connectivity index (χ1) is 18.8. The van der Waals surface area contributed by atoms with E-state index in [9.17, 15) is 0 Å². The van der Waals surface area contributed by atoms with Gasteiger partial charge in [-0.1, -0.05) is 28.1 Å². The third-order valence-corrected chi connectivity index (χ3v) is 8.36. The van der Waals surface area contributed by atoms with E-state index in [1.54, 1.807) is 14.2 Å². The highest BCUT2D eigenvalue weighted by molar-refractivity contribution is 9.10. The summed E-state index contributed by atoms with van der Waals surface area (Å²) in [5.41, 5.74) is 0.232. The Bertz CT molecular complexity index is 1020. The van der Waals surface area contributed by atoms with Crippen LogP contribution < -0.4 is 14.9 Å². The molecule has 8 nitrogen and oxygen atoms in total. The maximum atomic E-state index is 6.16. The number of halogens is 1. The van der Waals surface area contributed by atoms with Crippen molar-refractivity contribution in [3.8, 4) is 11.5 Å². The number of nitrogens with zero attached hydrogens (tertiary/aromatic N) is 2. The Morgan fingerprint density at radius 3 is 1.73 bits per heavy atom. The van der Waals surface area contributed by atoms with Gasteiger partial charge in [0.1, 0.15) is 30.8 Å². The minimum atomic E-state index is -0.390. The normalized spacial score (nSPS) is 18.6. The lowest BCUT2D eigenvalue weighted by Gasteiger charge is -2.36. The van der Waals surface area contributed by atoms with Gasteiger partial charge in [-0.2, -0.15) is 0 Å². The number of ether oxygens (including phenoxy) is 4. The van der Waals surface area contributed by atoms with Crippen LogP contribution in [-0.2, 0) is 18.8 Å². The highest BCUT2D eigenvalue weighted by atomic mass is 79.9. The second kappa shape index (κ2) is 14.5. The van der Waals surface area contributed by atoms with Crippen LogP contribution in [0.5, 0.6) is 11.5 Å². The van der Waals surface area contributed by atoms with Gasteiger partial charge >= 0.3 is 7.12 Å². The molecule has 0 amide bonds. The summed E-state index contributed by atoms with van der Waals surface area (Å²) < 4.78 is 37.0. The van der Waals surface area contributed by atoms with Crippen molar-refractivity contribution >= 4 is 28.5 Å². The predicted molar refractivity (Wildman–Crippen MR) is 164 cm³/mol. The maximum Gasteiger partial charge on any atom is 0.494 e. The average Bonchev–Trinajstić information content (AvgIpc) is 3.13. The van der Waals surface area contributed by atoms with Crippen molar-refractivity contribution in [1.82, 2.24) is 9.80 Å². The number of methoxy groups -OCH3 is 2. The Kier molecular flexibility index (Phi) is 11.9. The maximum absolute atomic E-state index is 6.16. The SMILES string of the molecule is COC(COc1ccc(B2OC(C)(C)C(C)(C)O2)cc1)CC(N(C)C)N(C)CC(COc1ccc(Br)cc1)OC.